The van der Waals surface area contributed by atoms with Crippen molar-refractivity contribution in [2.75, 3.05) is 32.8 Å². The van der Waals surface area contributed by atoms with E-state index in [1.807, 2.05) is 24.3 Å². The molecule has 0 spiro atoms. The number of aromatic nitrogens is 3. The van der Waals surface area contributed by atoms with Crippen LogP contribution in [-0.2, 0) is 25.1 Å². The summed E-state index contributed by atoms with van der Waals surface area (Å²) in [5.74, 6) is 0.727. The van der Waals surface area contributed by atoms with Crippen LogP contribution in [0.3, 0.4) is 0 Å². The lowest BCUT2D eigenvalue weighted by atomic mass is 10.0. The van der Waals surface area contributed by atoms with Crippen LogP contribution in [0.15, 0.2) is 67.6 Å². The maximum atomic E-state index is 12.2. The highest BCUT2D eigenvalue weighted by molar-refractivity contribution is 7.47. The number of nitrogens with zero attached hydrogens (tertiary/aromatic N) is 4. The average molecular weight is 553 g/mol. The first-order chi connectivity index (χ1) is 18.7. The number of carbonyl (C=O) groups excluding carboxylic acids is 1. The highest BCUT2D eigenvalue weighted by atomic mass is 31.2. The number of benzene rings is 1. The number of amides is 1. The number of rotatable bonds is 11. The van der Waals surface area contributed by atoms with Gasteiger partial charge in [-0.25, -0.2) is 14.5 Å². The third-order valence-electron chi connectivity index (χ3n) is 5.97. The molecule has 0 radical (unpaired) electrons. The molecule has 1 amide bonds. The summed E-state index contributed by atoms with van der Waals surface area (Å²) in [5, 5.41) is 0.744. The van der Waals surface area contributed by atoms with Crippen molar-refractivity contribution < 1.29 is 32.8 Å². The van der Waals surface area contributed by atoms with Crippen molar-refractivity contribution in [1.82, 2.24) is 14.5 Å². The molecule has 1 atom stereocenters. The topological polar surface area (TPSA) is 125 Å². The monoisotopic (exact) mass is 552 g/mol. The smallest absolute Gasteiger partial charge is 0.473 e. The Bertz CT molecular complexity index is 1570. The Morgan fingerprint density at radius 2 is 1.90 bits per heavy atom. The van der Waals surface area contributed by atoms with Crippen molar-refractivity contribution in [2.45, 2.75) is 13.7 Å². The fourth-order valence-corrected chi connectivity index (χ4v) is 4.68. The summed E-state index contributed by atoms with van der Waals surface area (Å²) in [6, 6.07) is 11.0. The first kappa shape index (κ1) is 28.0. The standard InChI is InChI=1S/C27H29N4O7P/c1-6-26(32)30(3)21-10-19(11-22(14-21)35-4)20-12-23-24(18-8-9-28-25(13-18)36-5)16-31(27(23)29-15-20)17-38-39(33,34)37-7-2/h6,8-16H,1,7,17H2,2-5H3,(H,33,34). The van der Waals surface area contributed by atoms with Gasteiger partial charge in [0.15, 0.2) is 0 Å². The normalized spacial score (nSPS) is 12.6. The minimum atomic E-state index is -4.24. The molecule has 4 aromatic rings. The summed E-state index contributed by atoms with van der Waals surface area (Å²) >= 11 is 0. The molecule has 39 heavy (non-hydrogen) atoms. The number of phosphoric ester groups is 1. The molecule has 0 fully saturated rings. The van der Waals surface area contributed by atoms with Crippen LogP contribution in [0.4, 0.5) is 5.69 Å². The lowest BCUT2D eigenvalue weighted by Gasteiger charge is -2.18. The van der Waals surface area contributed by atoms with E-state index >= 15 is 0 Å². The molecule has 0 aliphatic carbocycles. The summed E-state index contributed by atoms with van der Waals surface area (Å²) in [6.07, 6.45) is 6.31. The maximum absolute atomic E-state index is 12.2. The molecule has 4 rings (SSSR count). The van der Waals surface area contributed by atoms with Crippen LogP contribution in [0.2, 0.25) is 0 Å². The van der Waals surface area contributed by atoms with Gasteiger partial charge in [0, 0.05) is 60.0 Å². The Morgan fingerprint density at radius 3 is 2.59 bits per heavy atom. The van der Waals surface area contributed by atoms with Crippen LogP contribution < -0.4 is 14.4 Å². The molecule has 0 aliphatic heterocycles. The van der Waals surface area contributed by atoms with Gasteiger partial charge >= 0.3 is 7.82 Å². The number of hydrogen-bond acceptors (Lipinski definition) is 8. The first-order valence-electron chi connectivity index (χ1n) is 11.9. The fraction of sp³-hybridized carbons (Fsp3) is 0.222. The number of hydrogen-bond donors (Lipinski definition) is 1. The minimum Gasteiger partial charge on any atom is -0.497 e. The van der Waals surface area contributed by atoms with Crippen LogP contribution in [0.25, 0.3) is 33.3 Å². The Kier molecular flexibility index (Phi) is 8.47. The summed E-state index contributed by atoms with van der Waals surface area (Å²) < 4.78 is 34.6. The molecule has 0 bridgehead atoms. The molecule has 204 valence electrons. The van der Waals surface area contributed by atoms with Crippen molar-refractivity contribution in [3.05, 3.63) is 67.6 Å². The van der Waals surface area contributed by atoms with Crippen LogP contribution >= 0.6 is 7.82 Å². The van der Waals surface area contributed by atoms with E-state index in [4.69, 9.17) is 18.5 Å². The minimum absolute atomic E-state index is 0.0278. The molecule has 3 heterocycles. The van der Waals surface area contributed by atoms with Crippen molar-refractivity contribution in [1.29, 1.82) is 0 Å². The maximum Gasteiger partial charge on any atom is 0.473 e. The molecule has 0 aliphatic rings. The summed E-state index contributed by atoms with van der Waals surface area (Å²) in [4.78, 5) is 32.5. The number of likely N-dealkylation sites (N-methyl/N-ethyl adjacent to an activating group) is 1. The number of ether oxygens (including phenoxy) is 2. The van der Waals surface area contributed by atoms with E-state index in [2.05, 4.69) is 16.5 Å². The number of carbonyl (C=O) groups is 1. The fourth-order valence-electron chi connectivity index (χ4n) is 4.01. The number of methoxy groups -OCH3 is 2. The molecule has 12 heteroatoms. The highest BCUT2D eigenvalue weighted by Crippen LogP contribution is 2.44. The van der Waals surface area contributed by atoms with Gasteiger partial charge in [0.25, 0.3) is 0 Å². The molecular formula is C27H29N4O7P. The Hall–Kier alpha value is -4.02. The average Bonchev–Trinajstić information content (AvgIpc) is 3.33. The highest BCUT2D eigenvalue weighted by Gasteiger charge is 2.22. The van der Waals surface area contributed by atoms with Crippen molar-refractivity contribution >= 4 is 30.5 Å². The lowest BCUT2D eigenvalue weighted by molar-refractivity contribution is -0.113. The van der Waals surface area contributed by atoms with Gasteiger partial charge in [0.2, 0.25) is 11.8 Å². The largest absolute Gasteiger partial charge is 0.497 e. The van der Waals surface area contributed by atoms with Gasteiger partial charge in [-0.3, -0.25) is 13.8 Å². The zero-order chi connectivity index (χ0) is 28.2. The van der Waals surface area contributed by atoms with Gasteiger partial charge < -0.3 is 23.8 Å². The van der Waals surface area contributed by atoms with Gasteiger partial charge in [-0.15, -0.1) is 0 Å². The Morgan fingerprint density at radius 1 is 1.10 bits per heavy atom. The second-order valence-electron chi connectivity index (χ2n) is 8.36. The number of anilines is 1. The molecule has 0 saturated heterocycles. The zero-order valence-corrected chi connectivity index (χ0v) is 22.9. The van der Waals surface area contributed by atoms with Crippen LogP contribution in [0.1, 0.15) is 6.92 Å². The van der Waals surface area contributed by atoms with Crippen LogP contribution in [0.5, 0.6) is 11.6 Å². The molecule has 1 unspecified atom stereocenters. The molecule has 3 aromatic heterocycles. The van der Waals surface area contributed by atoms with Crippen molar-refractivity contribution in [2.24, 2.45) is 0 Å². The number of phosphoric acid groups is 1. The molecule has 1 aromatic carbocycles. The second kappa shape index (κ2) is 11.8. The molecule has 11 nitrogen and oxygen atoms in total. The van der Waals surface area contributed by atoms with E-state index in [0.29, 0.717) is 23.0 Å². The zero-order valence-electron chi connectivity index (χ0n) is 22.0. The number of pyridine rings is 2. The third-order valence-corrected chi connectivity index (χ3v) is 7.00. The van der Waals surface area contributed by atoms with E-state index in [-0.39, 0.29) is 19.2 Å². The Balaban J connectivity index is 1.86. The quantitative estimate of drug-likeness (QED) is 0.201. The van der Waals surface area contributed by atoms with Gasteiger partial charge in [-0.2, -0.15) is 0 Å². The van der Waals surface area contributed by atoms with Gasteiger partial charge in [0.1, 0.15) is 18.1 Å². The third kappa shape index (κ3) is 6.18. The molecular weight excluding hydrogens is 523 g/mol. The van der Waals surface area contributed by atoms with E-state index in [9.17, 15) is 14.3 Å². The number of fused-ring (bicyclic) bond motifs is 1. The predicted octanol–water partition coefficient (Wildman–Crippen LogP) is 5.04. The van der Waals surface area contributed by atoms with Gasteiger partial charge in [-0.05, 0) is 48.4 Å². The Labute approximate surface area is 225 Å². The van der Waals surface area contributed by atoms with Crippen molar-refractivity contribution in [3.8, 4) is 33.9 Å². The van der Waals surface area contributed by atoms with Crippen LogP contribution in [0, 0.1) is 0 Å². The van der Waals surface area contributed by atoms with E-state index in [1.54, 1.807) is 56.4 Å². The summed E-state index contributed by atoms with van der Waals surface area (Å²) in [5.41, 5.74) is 4.22. The second-order valence-corrected chi connectivity index (χ2v) is 9.81. The van der Waals surface area contributed by atoms with Gasteiger partial charge in [0.05, 0.1) is 20.8 Å². The van der Waals surface area contributed by atoms with Crippen LogP contribution in [-0.4, -0.2) is 53.2 Å². The predicted molar refractivity (Wildman–Crippen MR) is 148 cm³/mol. The van der Waals surface area contributed by atoms with Gasteiger partial charge in [-0.1, -0.05) is 6.58 Å². The molecule has 1 N–H and O–H groups in total. The SMILES string of the molecule is C=CC(=O)N(C)c1cc(OC)cc(-c2cnc3c(c2)c(-c2ccnc(OC)c2)cn3COP(=O)(O)OCC)c1. The van der Waals surface area contributed by atoms with E-state index in [1.165, 1.54) is 18.1 Å². The lowest BCUT2D eigenvalue weighted by Crippen LogP contribution is -2.23. The first-order valence-corrected chi connectivity index (χ1v) is 13.4. The summed E-state index contributed by atoms with van der Waals surface area (Å²) in [6.45, 7) is 4.92. The van der Waals surface area contributed by atoms with Crippen molar-refractivity contribution in [3.63, 3.8) is 0 Å². The van der Waals surface area contributed by atoms with E-state index < -0.39 is 7.82 Å². The van der Waals surface area contributed by atoms with E-state index in [0.717, 1.165) is 27.6 Å². The summed E-state index contributed by atoms with van der Waals surface area (Å²) in [7, 11) is 0.502. The molecule has 0 saturated carbocycles.